The Morgan fingerprint density at radius 2 is 1.76 bits per heavy atom. The highest BCUT2D eigenvalue weighted by atomic mass is 32.2. The average Bonchev–Trinajstić information content (AvgIpc) is 2.92. The normalized spacial score (nSPS) is 15.2. The molecule has 0 spiro atoms. The van der Waals surface area contributed by atoms with Crippen molar-refractivity contribution in [1.29, 1.82) is 0 Å². The molecule has 150 valence electrons. The van der Waals surface area contributed by atoms with Crippen molar-refractivity contribution in [3.8, 4) is 0 Å². The molecule has 1 saturated heterocycles. The Morgan fingerprint density at radius 1 is 1.07 bits per heavy atom. The molecule has 2 aromatic carbocycles. The van der Waals surface area contributed by atoms with Gasteiger partial charge in [0, 0.05) is 25.5 Å². The number of rotatable bonds is 5. The molecule has 1 heterocycles. The molecule has 2 aromatic rings. The lowest BCUT2D eigenvalue weighted by molar-refractivity contribution is -0.127. The fourth-order valence-corrected chi connectivity index (χ4v) is 3.66. The first-order chi connectivity index (χ1) is 13.7. The van der Waals surface area contributed by atoms with Crippen molar-refractivity contribution >= 4 is 46.3 Å². The van der Waals surface area contributed by atoms with E-state index in [1.54, 1.807) is 12.1 Å². The lowest BCUT2D eigenvalue weighted by Gasteiger charge is -2.13. The van der Waals surface area contributed by atoms with Gasteiger partial charge in [0.2, 0.25) is 5.91 Å². The first-order valence-corrected chi connectivity index (χ1v) is 9.96. The lowest BCUT2D eigenvalue weighted by Crippen LogP contribution is -2.36. The molecule has 0 aliphatic carbocycles. The number of aryl methyl sites for hydroxylation is 2. The Bertz CT molecular complexity index is 997. The van der Waals surface area contributed by atoms with Gasteiger partial charge >= 0.3 is 0 Å². The van der Waals surface area contributed by atoms with Gasteiger partial charge in [-0.05, 0) is 72.6 Å². The van der Waals surface area contributed by atoms with Crippen LogP contribution in [0.1, 0.15) is 16.7 Å². The molecule has 7 heteroatoms. The summed E-state index contributed by atoms with van der Waals surface area (Å²) >= 11 is 0.848. The maximum atomic E-state index is 12.6. The second-order valence-electron chi connectivity index (χ2n) is 7.10. The van der Waals surface area contributed by atoms with Crippen molar-refractivity contribution < 1.29 is 14.4 Å². The molecule has 3 rings (SSSR count). The van der Waals surface area contributed by atoms with Crippen LogP contribution < -0.4 is 10.2 Å². The number of benzene rings is 2. The zero-order chi connectivity index (χ0) is 21.1. The Labute approximate surface area is 174 Å². The summed E-state index contributed by atoms with van der Waals surface area (Å²) in [5.74, 6) is -0.862. The van der Waals surface area contributed by atoms with Crippen LogP contribution in [0, 0.1) is 13.8 Å². The average molecular weight is 410 g/mol. The van der Waals surface area contributed by atoms with E-state index in [-0.39, 0.29) is 6.54 Å². The quantitative estimate of drug-likeness (QED) is 0.755. The standard InChI is InChI=1S/C22H23N3O3S/c1-14-5-8-17(11-15(14)2)23-20(26)13-25-21(27)19(29-22(25)28)12-16-6-9-18(10-7-16)24(3)4/h5-12H,13H2,1-4H3,(H,23,26)/b19-12+. The number of nitrogens with one attached hydrogen (secondary N) is 1. The van der Waals surface area contributed by atoms with Gasteiger partial charge in [0.05, 0.1) is 4.91 Å². The summed E-state index contributed by atoms with van der Waals surface area (Å²) in [6, 6.07) is 13.2. The van der Waals surface area contributed by atoms with E-state index in [1.165, 1.54) is 0 Å². The highest BCUT2D eigenvalue weighted by Crippen LogP contribution is 2.32. The van der Waals surface area contributed by atoms with Crippen LogP contribution in [0.5, 0.6) is 0 Å². The van der Waals surface area contributed by atoms with E-state index in [0.29, 0.717) is 10.6 Å². The van der Waals surface area contributed by atoms with E-state index < -0.39 is 17.1 Å². The van der Waals surface area contributed by atoms with Crippen LogP contribution in [-0.4, -0.2) is 42.6 Å². The molecule has 1 N–H and O–H groups in total. The van der Waals surface area contributed by atoms with Gasteiger partial charge in [-0.15, -0.1) is 0 Å². The number of amides is 3. The molecule has 1 aliphatic heterocycles. The van der Waals surface area contributed by atoms with E-state index in [0.717, 1.165) is 39.0 Å². The van der Waals surface area contributed by atoms with Gasteiger partial charge in [-0.1, -0.05) is 18.2 Å². The molecule has 1 fully saturated rings. The van der Waals surface area contributed by atoms with Crippen molar-refractivity contribution in [3.63, 3.8) is 0 Å². The van der Waals surface area contributed by atoms with Crippen LogP contribution in [0.25, 0.3) is 6.08 Å². The fourth-order valence-electron chi connectivity index (χ4n) is 2.82. The van der Waals surface area contributed by atoms with Crippen molar-refractivity contribution in [3.05, 3.63) is 64.1 Å². The number of hydrogen-bond donors (Lipinski definition) is 1. The van der Waals surface area contributed by atoms with Crippen LogP contribution in [0.2, 0.25) is 0 Å². The van der Waals surface area contributed by atoms with Crippen LogP contribution in [-0.2, 0) is 9.59 Å². The van der Waals surface area contributed by atoms with Gasteiger partial charge in [0.15, 0.2) is 0 Å². The van der Waals surface area contributed by atoms with Crippen LogP contribution in [0.3, 0.4) is 0 Å². The van der Waals surface area contributed by atoms with E-state index in [9.17, 15) is 14.4 Å². The number of imide groups is 1. The zero-order valence-electron chi connectivity index (χ0n) is 16.9. The molecule has 3 amide bonds. The number of thioether (sulfide) groups is 1. The van der Waals surface area contributed by atoms with Gasteiger partial charge in [-0.2, -0.15) is 0 Å². The Balaban J connectivity index is 1.68. The lowest BCUT2D eigenvalue weighted by atomic mass is 10.1. The van der Waals surface area contributed by atoms with Crippen LogP contribution >= 0.6 is 11.8 Å². The predicted molar refractivity (Wildman–Crippen MR) is 118 cm³/mol. The van der Waals surface area contributed by atoms with Crippen molar-refractivity contribution in [2.45, 2.75) is 13.8 Å². The topological polar surface area (TPSA) is 69.7 Å². The fraction of sp³-hybridized carbons (Fsp3) is 0.227. The third-order valence-corrected chi connectivity index (χ3v) is 5.58. The number of carbonyl (C=O) groups is 3. The monoisotopic (exact) mass is 409 g/mol. The second kappa shape index (κ2) is 8.53. The third kappa shape index (κ3) is 4.86. The van der Waals surface area contributed by atoms with Gasteiger partial charge in [0.1, 0.15) is 6.54 Å². The summed E-state index contributed by atoms with van der Waals surface area (Å²) in [5, 5.41) is 2.30. The predicted octanol–water partition coefficient (Wildman–Crippen LogP) is 4.04. The van der Waals surface area contributed by atoms with E-state index in [1.807, 2.05) is 69.2 Å². The molecule has 0 saturated carbocycles. The zero-order valence-corrected chi connectivity index (χ0v) is 17.7. The first-order valence-electron chi connectivity index (χ1n) is 9.14. The van der Waals surface area contributed by atoms with Crippen LogP contribution in [0.4, 0.5) is 16.2 Å². The minimum absolute atomic E-state index is 0.311. The molecular formula is C22H23N3O3S. The summed E-state index contributed by atoms with van der Waals surface area (Å²) in [7, 11) is 3.90. The van der Waals surface area contributed by atoms with E-state index >= 15 is 0 Å². The molecule has 0 bridgehead atoms. The Hall–Kier alpha value is -3.06. The summed E-state index contributed by atoms with van der Waals surface area (Å²) in [6.07, 6.45) is 1.67. The maximum absolute atomic E-state index is 12.6. The smallest absolute Gasteiger partial charge is 0.294 e. The molecule has 0 aromatic heterocycles. The molecule has 0 radical (unpaired) electrons. The number of nitrogens with zero attached hydrogens (tertiary/aromatic N) is 2. The molecule has 29 heavy (non-hydrogen) atoms. The molecule has 0 unspecified atom stereocenters. The third-order valence-electron chi connectivity index (χ3n) is 4.67. The van der Waals surface area contributed by atoms with Crippen molar-refractivity contribution in [1.82, 2.24) is 4.90 Å². The number of anilines is 2. The number of carbonyl (C=O) groups excluding carboxylic acids is 3. The Kier molecular flexibility index (Phi) is 6.08. The van der Waals surface area contributed by atoms with Gasteiger partial charge < -0.3 is 10.2 Å². The minimum atomic E-state index is -0.452. The van der Waals surface area contributed by atoms with Gasteiger partial charge in [-0.3, -0.25) is 19.3 Å². The summed E-state index contributed by atoms with van der Waals surface area (Å²) in [6.45, 7) is 3.63. The molecule has 0 atom stereocenters. The first kappa shape index (κ1) is 20.7. The highest BCUT2D eigenvalue weighted by molar-refractivity contribution is 8.18. The van der Waals surface area contributed by atoms with Crippen molar-refractivity contribution in [2.75, 3.05) is 30.9 Å². The van der Waals surface area contributed by atoms with E-state index in [4.69, 9.17) is 0 Å². The van der Waals surface area contributed by atoms with Gasteiger partial charge in [0.25, 0.3) is 11.1 Å². The SMILES string of the molecule is Cc1ccc(NC(=O)CN2C(=O)S/C(=C/c3ccc(N(C)C)cc3)C2=O)cc1C. The van der Waals surface area contributed by atoms with Crippen LogP contribution in [0.15, 0.2) is 47.4 Å². The second-order valence-corrected chi connectivity index (χ2v) is 8.09. The number of hydrogen-bond acceptors (Lipinski definition) is 5. The molecule has 1 aliphatic rings. The largest absolute Gasteiger partial charge is 0.378 e. The molecular weight excluding hydrogens is 386 g/mol. The minimum Gasteiger partial charge on any atom is -0.378 e. The summed E-state index contributed by atoms with van der Waals surface area (Å²) in [5.41, 5.74) is 4.68. The maximum Gasteiger partial charge on any atom is 0.294 e. The molecule has 6 nitrogen and oxygen atoms in total. The Morgan fingerprint density at radius 3 is 2.38 bits per heavy atom. The summed E-state index contributed by atoms with van der Waals surface area (Å²) < 4.78 is 0. The highest BCUT2D eigenvalue weighted by Gasteiger charge is 2.36. The van der Waals surface area contributed by atoms with E-state index in [2.05, 4.69) is 5.32 Å². The summed E-state index contributed by atoms with van der Waals surface area (Å²) in [4.78, 5) is 40.5. The van der Waals surface area contributed by atoms with Crippen molar-refractivity contribution in [2.24, 2.45) is 0 Å². The van der Waals surface area contributed by atoms with Gasteiger partial charge in [-0.25, -0.2) is 0 Å².